The summed E-state index contributed by atoms with van der Waals surface area (Å²) in [5.74, 6) is 0. The number of H-pyrrole nitrogens is 1. The highest BCUT2D eigenvalue weighted by atomic mass is 16.2. The van der Waals surface area contributed by atoms with E-state index in [1.807, 2.05) is 12.1 Å². The third-order valence-corrected chi connectivity index (χ3v) is 4.83. The SMILES string of the molecule is Cc1cn(CCCCCCCn2ccc3c(N)cccc32)c(=O)[nH]c1=O. The van der Waals surface area contributed by atoms with Crippen molar-refractivity contribution in [3.63, 3.8) is 0 Å². The van der Waals surface area contributed by atoms with Crippen LogP contribution in [0.4, 0.5) is 5.69 Å². The van der Waals surface area contributed by atoms with Crippen LogP contribution in [0.1, 0.15) is 37.7 Å². The third kappa shape index (κ3) is 4.07. The molecular weight excluding hydrogens is 328 g/mol. The summed E-state index contributed by atoms with van der Waals surface area (Å²) in [5.41, 5.74) is 7.97. The van der Waals surface area contributed by atoms with Gasteiger partial charge in [0.05, 0.1) is 5.52 Å². The molecule has 0 atom stereocenters. The molecule has 0 bridgehead atoms. The Labute approximate surface area is 152 Å². The number of nitrogens with two attached hydrogens (primary N) is 1. The van der Waals surface area contributed by atoms with E-state index in [1.54, 1.807) is 17.7 Å². The Kier molecular flexibility index (Phi) is 5.61. The van der Waals surface area contributed by atoms with Crippen molar-refractivity contribution in [3.05, 3.63) is 63.1 Å². The molecule has 0 aliphatic rings. The molecule has 138 valence electrons. The Morgan fingerprint density at radius 3 is 2.42 bits per heavy atom. The number of hydrogen-bond donors (Lipinski definition) is 2. The molecule has 0 amide bonds. The van der Waals surface area contributed by atoms with Crippen LogP contribution in [0.3, 0.4) is 0 Å². The number of nitrogen functional groups attached to an aromatic ring is 1. The maximum Gasteiger partial charge on any atom is 0.328 e. The van der Waals surface area contributed by atoms with E-state index in [0.717, 1.165) is 49.7 Å². The predicted molar refractivity (Wildman–Crippen MR) is 105 cm³/mol. The minimum atomic E-state index is -0.320. The number of fused-ring (bicyclic) bond motifs is 1. The Morgan fingerprint density at radius 2 is 1.65 bits per heavy atom. The highest BCUT2D eigenvalue weighted by Crippen LogP contribution is 2.22. The molecule has 6 nitrogen and oxygen atoms in total. The van der Waals surface area contributed by atoms with Crippen molar-refractivity contribution in [3.8, 4) is 0 Å². The molecule has 0 radical (unpaired) electrons. The molecule has 6 heteroatoms. The van der Waals surface area contributed by atoms with Gasteiger partial charge in [-0.1, -0.05) is 25.3 Å². The molecule has 0 aliphatic heterocycles. The van der Waals surface area contributed by atoms with Crippen LogP contribution in [0.15, 0.2) is 46.2 Å². The first kappa shape index (κ1) is 18.0. The van der Waals surface area contributed by atoms with Gasteiger partial charge in [0.15, 0.2) is 0 Å². The molecule has 1 aromatic carbocycles. The molecule has 3 N–H and O–H groups in total. The fourth-order valence-corrected chi connectivity index (χ4v) is 3.32. The molecule has 0 saturated heterocycles. The van der Waals surface area contributed by atoms with Gasteiger partial charge < -0.3 is 14.9 Å². The first-order valence-electron chi connectivity index (χ1n) is 9.20. The van der Waals surface area contributed by atoms with Crippen molar-refractivity contribution in [2.75, 3.05) is 5.73 Å². The van der Waals surface area contributed by atoms with Crippen LogP contribution in [0.2, 0.25) is 0 Å². The van der Waals surface area contributed by atoms with Crippen LogP contribution in [0, 0.1) is 6.92 Å². The topological polar surface area (TPSA) is 85.8 Å². The lowest BCUT2D eigenvalue weighted by atomic mass is 10.1. The van der Waals surface area contributed by atoms with Gasteiger partial charge in [0.2, 0.25) is 0 Å². The van der Waals surface area contributed by atoms with Crippen molar-refractivity contribution in [1.29, 1.82) is 0 Å². The van der Waals surface area contributed by atoms with Crippen molar-refractivity contribution in [2.45, 2.75) is 52.1 Å². The first-order valence-corrected chi connectivity index (χ1v) is 9.20. The van der Waals surface area contributed by atoms with E-state index in [4.69, 9.17) is 5.73 Å². The maximum absolute atomic E-state index is 11.7. The zero-order chi connectivity index (χ0) is 18.5. The Morgan fingerprint density at radius 1 is 0.962 bits per heavy atom. The molecule has 2 aromatic heterocycles. The van der Waals surface area contributed by atoms with Crippen LogP contribution in [-0.4, -0.2) is 14.1 Å². The molecule has 0 spiro atoms. The highest BCUT2D eigenvalue weighted by molar-refractivity contribution is 5.91. The largest absolute Gasteiger partial charge is 0.398 e. The molecule has 3 rings (SSSR count). The molecule has 26 heavy (non-hydrogen) atoms. The monoisotopic (exact) mass is 354 g/mol. The summed E-state index contributed by atoms with van der Waals surface area (Å²) in [6.45, 7) is 3.36. The van der Waals surface area contributed by atoms with Gasteiger partial charge in [0, 0.05) is 42.1 Å². The van der Waals surface area contributed by atoms with E-state index in [-0.39, 0.29) is 11.2 Å². The Hall–Kier alpha value is -2.76. The van der Waals surface area contributed by atoms with Crippen LogP contribution in [0.5, 0.6) is 0 Å². The number of aryl methyl sites for hydroxylation is 3. The van der Waals surface area contributed by atoms with Gasteiger partial charge in [-0.25, -0.2) is 4.79 Å². The van der Waals surface area contributed by atoms with Crippen molar-refractivity contribution in [2.24, 2.45) is 0 Å². The van der Waals surface area contributed by atoms with Crippen LogP contribution >= 0.6 is 0 Å². The predicted octanol–water partition coefficient (Wildman–Crippen LogP) is 3.03. The number of hydrogen-bond acceptors (Lipinski definition) is 3. The van der Waals surface area contributed by atoms with E-state index in [0.29, 0.717) is 12.1 Å². The number of aromatic amines is 1. The average Bonchev–Trinajstić information content (AvgIpc) is 3.03. The average molecular weight is 354 g/mol. The lowest BCUT2D eigenvalue weighted by Crippen LogP contribution is -2.30. The van der Waals surface area contributed by atoms with Crippen LogP contribution in [0.25, 0.3) is 10.9 Å². The smallest absolute Gasteiger partial charge is 0.328 e. The van der Waals surface area contributed by atoms with E-state index in [2.05, 4.69) is 27.9 Å². The zero-order valence-corrected chi connectivity index (χ0v) is 15.2. The first-order chi connectivity index (χ1) is 12.6. The van der Waals surface area contributed by atoms with Crippen LogP contribution < -0.4 is 17.0 Å². The summed E-state index contributed by atoms with van der Waals surface area (Å²) in [6.07, 6.45) is 9.17. The van der Waals surface area contributed by atoms with Crippen molar-refractivity contribution in [1.82, 2.24) is 14.1 Å². The van der Waals surface area contributed by atoms with Gasteiger partial charge in [0.25, 0.3) is 5.56 Å². The third-order valence-electron chi connectivity index (χ3n) is 4.83. The minimum absolute atomic E-state index is 0.300. The molecule has 3 aromatic rings. The number of nitrogens with one attached hydrogen (secondary N) is 1. The molecule has 0 unspecified atom stereocenters. The molecule has 2 heterocycles. The van der Waals surface area contributed by atoms with E-state index in [9.17, 15) is 9.59 Å². The lowest BCUT2D eigenvalue weighted by Gasteiger charge is -2.07. The van der Waals surface area contributed by atoms with Crippen LogP contribution in [-0.2, 0) is 13.1 Å². The van der Waals surface area contributed by atoms with Gasteiger partial charge in [-0.15, -0.1) is 0 Å². The molecule has 0 fully saturated rings. The summed E-state index contributed by atoms with van der Waals surface area (Å²) >= 11 is 0. The van der Waals surface area contributed by atoms with E-state index >= 15 is 0 Å². The van der Waals surface area contributed by atoms with E-state index < -0.39 is 0 Å². The molecule has 0 saturated carbocycles. The number of unbranched alkanes of at least 4 members (excludes halogenated alkanes) is 4. The van der Waals surface area contributed by atoms with Crippen molar-refractivity contribution < 1.29 is 0 Å². The lowest BCUT2D eigenvalue weighted by molar-refractivity contribution is 0.527. The molecule has 0 aliphatic carbocycles. The summed E-state index contributed by atoms with van der Waals surface area (Å²) in [7, 11) is 0. The second kappa shape index (κ2) is 8.08. The number of aromatic nitrogens is 3. The highest BCUT2D eigenvalue weighted by Gasteiger charge is 2.03. The van der Waals surface area contributed by atoms with Gasteiger partial charge in [-0.3, -0.25) is 9.78 Å². The second-order valence-corrected chi connectivity index (χ2v) is 6.82. The number of nitrogens with zero attached hydrogens (tertiary/aromatic N) is 2. The normalized spacial score (nSPS) is 11.3. The fourth-order valence-electron chi connectivity index (χ4n) is 3.32. The molecular formula is C20H26N4O2. The fraction of sp³-hybridized carbons (Fsp3) is 0.400. The quantitative estimate of drug-likeness (QED) is 0.481. The number of benzene rings is 1. The minimum Gasteiger partial charge on any atom is -0.398 e. The maximum atomic E-state index is 11.7. The summed E-state index contributed by atoms with van der Waals surface area (Å²) < 4.78 is 3.85. The summed E-state index contributed by atoms with van der Waals surface area (Å²) in [4.78, 5) is 25.4. The Balaban J connectivity index is 1.40. The Bertz CT molecular complexity index is 997. The summed E-state index contributed by atoms with van der Waals surface area (Å²) in [6, 6.07) is 8.11. The van der Waals surface area contributed by atoms with Gasteiger partial charge in [-0.05, 0) is 38.0 Å². The standard InChI is InChI=1S/C20H26N4O2/c1-15-14-24(20(26)22-19(15)25)12-6-4-2-3-5-11-23-13-10-16-17(21)8-7-9-18(16)23/h7-10,13-14H,2-6,11-12,21H2,1H3,(H,22,25,26). The van der Waals surface area contributed by atoms with Gasteiger partial charge >= 0.3 is 5.69 Å². The van der Waals surface area contributed by atoms with E-state index in [1.165, 1.54) is 5.52 Å². The summed E-state index contributed by atoms with van der Waals surface area (Å²) in [5, 5.41) is 1.12. The van der Waals surface area contributed by atoms with Gasteiger partial charge in [0.1, 0.15) is 0 Å². The zero-order valence-electron chi connectivity index (χ0n) is 15.2. The number of rotatable bonds is 8. The number of anilines is 1. The van der Waals surface area contributed by atoms with Crippen molar-refractivity contribution >= 4 is 16.6 Å². The van der Waals surface area contributed by atoms with Gasteiger partial charge in [-0.2, -0.15) is 0 Å². The second-order valence-electron chi connectivity index (χ2n) is 6.82.